The first kappa shape index (κ1) is 13.5. The fourth-order valence-corrected chi connectivity index (χ4v) is 1.48. The van der Waals surface area contributed by atoms with Crippen molar-refractivity contribution in [2.45, 2.75) is 13.3 Å². The van der Waals surface area contributed by atoms with E-state index in [-0.39, 0.29) is 22.9 Å². The standard InChI is InChI=1S/C12H12ClFN4O/c1-2-7-19-12-17-10(13)16-11(18-12)15-9-6-4-3-5-8(9)14/h3-6H,2,7H2,1H3,(H,15,16,17,18). The highest BCUT2D eigenvalue weighted by molar-refractivity contribution is 6.28. The smallest absolute Gasteiger partial charge is 0.322 e. The Kier molecular flexibility index (Phi) is 4.46. The number of nitrogens with one attached hydrogen (secondary N) is 1. The van der Waals surface area contributed by atoms with Crippen LogP contribution >= 0.6 is 11.6 Å². The summed E-state index contributed by atoms with van der Waals surface area (Å²) >= 11 is 5.76. The van der Waals surface area contributed by atoms with Gasteiger partial charge in [0.2, 0.25) is 11.2 Å². The molecule has 0 fully saturated rings. The Labute approximate surface area is 114 Å². The van der Waals surface area contributed by atoms with Crippen molar-refractivity contribution < 1.29 is 9.13 Å². The molecule has 0 saturated heterocycles. The third-order valence-electron chi connectivity index (χ3n) is 2.14. The predicted molar refractivity (Wildman–Crippen MR) is 70.3 cm³/mol. The van der Waals surface area contributed by atoms with Gasteiger partial charge in [0.15, 0.2) is 0 Å². The maximum atomic E-state index is 13.5. The minimum Gasteiger partial charge on any atom is -0.463 e. The zero-order valence-corrected chi connectivity index (χ0v) is 11.0. The molecular formula is C12H12ClFN4O. The monoisotopic (exact) mass is 282 g/mol. The molecule has 2 rings (SSSR count). The van der Waals surface area contributed by atoms with Gasteiger partial charge in [0.05, 0.1) is 12.3 Å². The van der Waals surface area contributed by atoms with Crippen LogP contribution in [0.25, 0.3) is 0 Å². The molecule has 5 nitrogen and oxygen atoms in total. The van der Waals surface area contributed by atoms with Crippen molar-refractivity contribution in [2.75, 3.05) is 11.9 Å². The zero-order valence-electron chi connectivity index (χ0n) is 10.2. The second-order valence-corrected chi connectivity index (χ2v) is 4.00. The molecule has 0 aliphatic heterocycles. The quantitative estimate of drug-likeness (QED) is 0.912. The summed E-state index contributed by atoms with van der Waals surface area (Å²) < 4.78 is 18.7. The molecule has 1 aromatic carbocycles. The van der Waals surface area contributed by atoms with Gasteiger partial charge in [0.1, 0.15) is 5.82 Å². The Morgan fingerprint density at radius 3 is 2.79 bits per heavy atom. The maximum absolute atomic E-state index is 13.5. The van der Waals surface area contributed by atoms with E-state index in [1.165, 1.54) is 6.07 Å². The summed E-state index contributed by atoms with van der Waals surface area (Å²) in [5.41, 5.74) is 0.256. The van der Waals surface area contributed by atoms with Crippen molar-refractivity contribution >= 4 is 23.2 Å². The molecule has 1 N–H and O–H groups in total. The summed E-state index contributed by atoms with van der Waals surface area (Å²) in [5, 5.41) is 2.71. The summed E-state index contributed by atoms with van der Waals surface area (Å²) in [6.45, 7) is 2.43. The number of aromatic nitrogens is 3. The molecule has 19 heavy (non-hydrogen) atoms. The number of hydrogen-bond donors (Lipinski definition) is 1. The lowest BCUT2D eigenvalue weighted by Gasteiger charge is -2.07. The molecule has 2 aromatic rings. The number of halogens is 2. The summed E-state index contributed by atoms with van der Waals surface area (Å²) in [5.74, 6) is -0.272. The first-order valence-electron chi connectivity index (χ1n) is 5.75. The van der Waals surface area contributed by atoms with E-state index < -0.39 is 5.82 Å². The molecule has 0 atom stereocenters. The molecule has 1 aromatic heterocycles. The van der Waals surface area contributed by atoms with Gasteiger partial charge in [-0.15, -0.1) is 0 Å². The molecule has 100 valence electrons. The van der Waals surface area contributed by atoms with Gasteiger partial charge in [-0.1, -0.05) is 19.1 Å². The number of benzene rings is 1. The first-order valence-corrected chi connectivity index (χ1v) is 6.12. The highest BCUT2D eigenvalue weighted by Gasteiger charge is 2.08. The SMILES string of the molecule is CCCOc1nc(Cl)nc(Nc2ccccc2F)n1. The van der Waals surface area contributed by atoms with E-state index in [1.807, 2.05) is 6.92 Å². The molecule has 7 heteroatoms. The fourth-order valence-electron chi connectivity index (χ4n) is 1.33. The van der Waals surface area contributed by atoms with Crippen LogP contribution in [0.15, 0.2) is 24.3 Å². The van der Waals surface area contributed by atoms with Crippen molar-refractivity contribution in [1.29, 1.82) is 0 Å². The average molecular weight is 283 g/mol. The summed E-state index contributed by atoms with van der Waals surface area (Å²) in [6, 6.07) is 6.30. The number of hydrogen-bond acceptors (Lipinski definition) is 5. The van der Waals surface area contributed by atoms with E-state index in [0.717, 1.165) is 6.42 Å². The van der Waals surface area contributed by atoms with E-state index >= 15 is 0 Å². The summed E-state index contributed by atoms with van der Waals surface area (Å²) in [6.07, 6.45) is 0.819. The molecule has 0 unspecified atom stereocenters. The van der Waals surface area contributed by atoms with Gasteiger partial charge in [-0.3, -0.25) is 0 Å². The Hall–Kier alpha value is -1.95. The van der Waals surface area contributed by atoms with Crippen LogP contribution in [0.4, 0.5) is 16.0 Å². The second kappa shape index (κ2) is 6.29. The highest BCUT2D eigenvalue weighted by atomic mass is 35.5. The molecule has 0 aliphatic carbocycles. The van der Waals surface area contributed by atoms with Crippen LogP contribution in [0, 0.1) is 5.82 Å². The van der Waals surface area contributed by atoms with Crippen LogP contribution in [0.5, 0.6) is 6.01 Å². The molecule has 0 spiro atoms. The number of nitrogens with zero attached hydrogens (tertiary/aromatic N) is 3. The van der Waals surface area contributed by atoms with E-state index in [9.17, 15) is 4.39 Å². The van der Waals surface area contributed by atoms with E-state index in [2.05, 4.69) is 20.3 Å². The number of ether oxygens (including phenoxy) is 1. The normalized spacial score (nSPS) is 10.3. The Morgan fingerprint density at radius 1 is 1.26 bits per heavy atom. The number of para-hydroxylation sites is 1. The lowest BCUT2D eigenvalue weighted by Crippen LogP contribution is -2.05. The molecular weight excluding hydrogens is 271 g/mol. The molecule has 0 bridgehead atoms. The zero-order chi connectivity index (χ0) is 13.7. The predicted octanol–water partition coefficient (Wildman–Crippen LogP) is 3.20. The van der Waals surface area contributed by atoms with Gasteiger partial charge >= 0.3 is 6.01 Å². The first-order chi connectivity index (χ1) is 9.19. The number of rotatable bonds is 5. The van der Waals surface area contributed by atoms with Crippen LogP contribution < -0.4 is 10.1 Å². The van der Waals surface area contributed by atoms with Gasteiger partial charge in [0, 0.05) is 0 Å². The summed E-state index contributed by atoms with van der Waals surface area (Å²) in [7, 11) is 0. The Bertz CT molecular complexity index is 567. The maximum Gasteiger partial charge on any atom is 0.322 e. The largest absolute Gasteiger partial charge is 0.463 e. The lowest BCUT2D eigenvalue weighted by molar-refractivity contribution is 0.292. The van der Waals surface area contributed by atoms with Crippen molar-refractivity contribution in [3.05, 3.63) is 35.4 Å². The Morgan fingerprint density at radius 2 is 2.05 bits per heavy atom. The van der Waals surface area contributed by atoms with Gasteiger partial charge in [-0.05, 0) is 30.2 Å². The summed E-state index contributed by atoms with van der Waals surface area (Å²) in [4.78, 5) is 11.7. The average Bonchev–Trinajstić information content (AvgIpc) is 2.38. The van der Waals surface area contributed by atoms with Crippen molar-refractivity contribution in [3.8, 4) is 6.01 Å². The minimum atomic E-state index is -0.407. The third kappa shape index (κ3) is 3.75. The van der Waals surface area contributed by atoms with Crippen molar-refractivity contribution in [3.63, 3.8) is 0 Å². The van der Waals surface area contributed by atoms with E-state index in [4.69, 9.17) is 16.3 Å². The molecule has 0 amide bonds. The molecule has 0 aliphatic rings. The van der Waals surface area contributed by atoms with Crippen LogP contribution in [0.1, 0.15) is 13.3 Å². The topological polar surface area (TPSA) is 59.9 Å². The van der Waals surface area contributed by atoms with Gasteiger partial charge < -0.3 is 10.1 Å². The molecule has 0 saturated carbocycles. The van der Waals surface area contributed by atoms with Crippen LogP contribution in [-0.4, -0.2) is 21.6 Å². The number of anilines is 2. The minimum absolute atomic E-state index is 0.0139. The van der Waals surface area contributed by atoms with Crippen LogP contribution in [0.3, 0.4) is 0 Å². The highest BCUT2D eigenvalue weighted by Crippen LogP contribution is 2.19. The van der Waals surface area contributed by atoms with Crippen LogP contribution in [-0.2, 0) is 0 Å². The van der Waals surface area contributed by atoms with Gasteiger partial charge in [0.25, 0.3) is 0 Å². The molecule has 1 heterocycles. The third-order valence-corrected chi connectivity index (χ3v) is 2.31. The second-order valence-electron chi connectivity index (χ2n) is 3.66. The van der Waals surface area contributed by atoms with Crippen molar-refractivity contribution in [1.82, 2.24) is 15.0 Å². The lowest BCUT2D eigenvalue weighted by atomic mass is 10.3. The Balaban J connectivity index is 2.20. The fraction of sp³-hybridized carbons (Fsp3) is 0.250. The van der Waals surface area contributed by atoms with E-state index in [0.29, 0.717) is 6.61 Å². The van der Waals surface area contributed by atoms with Gasteiger partial charge in [-0.25, -0.2) is 4.39 Å². The van der Waals surface area contributed by atoms with Crippen molar-refractivity contribution in [2.24, 2.45) is 0 Å². The van der Waals surface area contributed by atoms with Crippen LogP contribution in [0.2, 0.25) is 5.28 Å². The van der Waals surface area contributed by atoms with E-state index in [1.54, 1.807) is 18.2 Å². The molecule has 0 radical (unpaired) electrons. The van der Waals surface area contributed by atoms with Gasteiger partial charge in [-0.2, -0.15) is 15.0 Å².